The molecule has 0 spiro atoms. The molecule has 2 aromatic rings. The third-order valence-corrected chi connectivity index (χ3v) is 8.19. The molecule has 2 atom stereocenters. The van der Waals surface area contributed by atoms with Crippen LogP contribution in [0.1, 0.15) is 62.1 Å². The fourth-order valence-corrected chi connectivity index (χ4v) is 5.66. The van der Waals surface area contributed by atoms with Crippen LogP contribution in [0, 0.1) is 5.92 Å². The van der Waals surface area contributed by atoms with Gasteiger partial charge in [0, 0.05) is 31.7 Å². The molecule has 1 amide bonds. The van der Waals surface area contributed by atoms with E-state index in [0.29, 0.717) is 23.9 Å². The molecular weight excluding hydrogens is 516 g/mol. The molecule has 2 bridgehead atoms. The van der Waals surface area contributed by atoms with Gasteiger partial charge in [0.05, 0.1) is 11.6 Å². The van der Waals surface area contributed by atoms with Crippen LogP contribution in [0.5, 0.6) is 5.75 Å². The number of anilines is 1. The van der Waals surface area contributed by atoms with E-state index in [1.165, 1.54) is 17.4 Å². The van der Waals surface area contributed by atoms with Crippen LogP contribution in [0.2, 0.25) is 5.02 Å². The Morgan fingerprint density at radius 3 is 2.56 bits per heavy atom. The van der Waals surface area contributed by atoms with Crippen LogP contribution in [0.15, 0.2) is 48.6 Å². The van der Waals surface area contributed by atoms with Crippen LogP contribution in [-0.2, 0) is 28.2 Å². The van der Waals surface area contributed by atoms with E-state index in [-0.39, 0.29) is 5.56 Å². The number of hydrogen-bond acceptors (Lipinski definition) is 5. The lowest BCUT2D eigenvalue weighted by molar-refractivity contribution is -0.172. The summed E-state index contributed by atoms with van der Waals surface area (Å²) in [7, 11) is 1.63. The molecule has 0 aromatic heterocycles. The summed E-state index contributed by atoms with van der Waals surface area (Å²) in [5, 5.41) is 22.6. The lowest BCUT2D eigenvalue weighted by Gasteiger charge is -2.34. The molecule has 0 saturated carbocycles. The number of halogens is 1. The highest BCUT2D eigenvalue weighted by Gasteiger charge is 2.48. The Morgan fingerprint density at radius 1 is 1.03 bits per heavy atom. The van der Waals surface area contributed by atoms with Crippen LogP contribution in [0.3, 0.4) is 0 Å². The summed E-state index contributed by atoms with van der Waals surface area (Å²) < 4.78 is 6.35. The second-order valence-electron chi connectivity index (χ2n) is 10.7. The lowest BCUT2D eigenvalue weighted by atomic mass is 9.81. The number of aliphatic carboxylic acids is 1. The fraction of sp³-hybridized carbons (Fsp3) is 0.484. The summed E-state index contributed by atoms with van der Waals surface area (Å²) >= 11 is 6.28. The number of carbonyl (C=O) groups excluding carboxylic acids is 1. The number of hydrogen-bond donors (Lipinski definition) is 2. The molecule has 0 saturated heterocycles. The maximum atomic E-state index is 13.2. The van der Waals surface area contributed by atoms with Crippen molar-refractivity contribution in [3.8, 4) is 5.75 Å². The number of carboxylic acid groups (broad SMARTS) is 1. The van der Waals surface area contributed by atoms with Crippen LogP contribution in [0.4, 0.5) is 5.69 Å². The second-order valence-corrected chi connectivity index (χ2v) is 11.1. The summed E-state index contributed by atoms with van der Waals surface area (Å²) in [4.78, 5) is 29.5. The van der Waals surface area contributed by atoms with Crippen molar-refractivity contribution in [2.45, 2.75) is 64.1 Å². The van der Waals surface area contributed by atoms with Gasteiger partial charge in [-0.05, 0) is 86.4 Å². The Balaban J connectivity index is 1.79. The average molecular weight is 555 g/mol. The molecule has 2 heterocycles. The Kier molecular flexibility index (Phi) is 9.57. The summed E-state index contributed by atoms with van der Waals surface area (Å²) in [6.45, 7) is 3.73. The standard InChI is InChI=1S/C31H39ClN2O5/c1-22-29(35)33(2)16-8-5-3-4-6-9-17-34-18-10-7-11-23-19-26(32)14-12-24(23)21-39-28-15-13-25(20-27(28)34)31(22,38)30(36)37/h5,8,12-15,19-20,22,38H,3-4,6-7,9-11,16-18,21H2,1-2H3,(H,36,37)/b8-5+/t22-,31+/m0/s1. The van der Waals surface area contributed by atoms with E-state index >= 15 is 0 Å². The summed E-state index contributed by atoms with van der Waals surface area (Å²) in [5.74, 6) is -2.47. The number of nitrogens with zero attached hydrogens (tertiary/aromatic N) is 2. The van der Waals surface area contributed by atoms with E-state index in [9.17, 15) is 19.8 Å². The van der Waals surface area contributed by atoms with Crippen LogP contribution >= 0.6 is 11.6 Å². The topological polar surface area (TPSA) is 90.3 Å². The van der Waals surface area contributed by atoms with Gasteiger partial charge in [0.2, 0.25) is 5.91 Å². The number of fused-ring (bicyclic) bond motifs is 2. The third kappa shape index (κ3) is 6.59. The molecular formula is C31H39ClN2O5. The SMILES string of the molecule is C[C@H]1C(=O)N(C)C/C=C/CCCCCN2CCCCc3cc(Cl)ccc3COc3ccc(cc32)[C@@]1(O)C(=O)O. The van der Waals surface area contributed by atoms with Crippen molar-refractivity contribution in [1.82, 2.24) is 4.90 Å². The summed E-state index contributed by atoms with van der Waals surface area (Å²) in [6, 6.07) is 10.9. The number of aliphatic hydroxyl groups is 1. The first-order valence-electron chi connectivity index (χ1n) is 13.9. The predicted octanol–water partition coefficient (Wildman–Crippen LogP) is 5.56. The smallest absolute Gasteiger partial charge is 0.341 e. The lowest BCUT2D eigenvalue weighted by Crippen LogP contribution is -2.49. The molecule has 2 aromatic carbocycles. The van der Waals surface area contributed by atoms with Crippen molar-refractivity contribution in [3.63, 3.8) is 0 Å². The van der Waals surface area contributed by atoms with E-state index in [1.54, 1.807) is 25.2 Å². The zero-order valence-corrected chi connectivity index (χ0v) is 23.6. The highest BCUT2D eigenvalue weighted by molar-refractivity contribution is 6.30. The first kappa shape index (κ1) is 29.0. The van der Waals surface area contributed by atoms with Gasteiger partial charge in [-0.15, -0.1) is 0 Å². The van der Waals surface area contributed by atoms with Gasteiger partial charge in [-0.2, -0.15) is 0 Å². The van der Waals surface area contributed by atoms with Gasteiger partial charge in [-0.3, -0.25) is 4.79 Å². The zero-order valence-electron chi connectivity index (χ0n) is 22.9. The van der Waals surface area contributed by atoms with Gasteiger partial charge in [-0.1, -0.05) is 42.3 Å². The number of benzene rings is 2. The van der Waals surface area contributed by atoms with Gasteiger partial charge in [0.15, 0.2) is 5.60 Å². The molecule has 0 radical (unpaired) electrons. The van der Waals surface area contributed by atoms with E-state index in [1.807, 2.05) is 24.3 Å². The molecule has 7 nitrogen and oxygen atoms in total. The molecule has 39 heavy (non-hydrogen) atoms. The molecule has 4 rings (SSSR count). The van der Waals surface area contributed by atoms with E-state index < -0.39 is 23.4 Å². The predicted molar refractivity (Wildman–Crippen MR) is 153 cm³/mol. The van der Waals surface area contributed by atoms with Crippen molar-refractivity contribution in [2.24, 2.45) is 5.92 Å². The Bertz CT molecular complexity index is 1220. The van der Waals surface area contributed by atoms with Gasteiger partial charge in [-0.25, -0.2) is 4.79 Å². The van der Waals surface area contributed by atoms with Crippen molar-refractivity contribution in [3.05, 3.63) is 70.3 Å². The zero-order chi connectivity index (χ0) is 28.0. The number of carbonyl (C=O) groups is 2. The number of likely N-dealkylation sites (N-methyl/N-ethyl adjacent to an activating group) is 1. The number of aryl methyl sites for hydroxylation is 1. The fourth-order valence-electron chi connectivity index (χ4n) is 5.47. The second kappa shape index (κ2) is 12.9. The largest absolute Gasteiger partial charge is 0.487 e. The Hall–Kier alpha value is -3.03. The number of amides is 1. The first-order chi connectivity index (χ1) is 18.7. The minimum Gasteiger partial charge on any atom is -0.487 e. The maximum absolute atomic E-state index is 13.2. The van der Waals surface area contributed by atoms with Crippen LogP contribution < -0.4 is 9.64 Å². The molecule has 8 heteroatoms. The number of allylic oxidation sites excluding steroid dienone is 1. The first-order valence-corrected chi connectivity index (χ1v) is 14.2. The van der Waals surface area contributed by atoms with E-state index in [4.69, 9.17) is 16.3 Å². The highest BCUT2D eigenvalue weighted by atomic mass is 35.5. The van der Waals surface area contributed by atoms with E-state index in [2.05, 4.69) is 11.0 Å². The average Bonchev–Trinajstić information content (AvgIpc) is 2.95. The third-order valence-electron chi connectivity index (χ3n) is 7.96. The minimum absolute atomic E-state index is 0.168. The molecule has 210 valence electrons. The number of carboxylic acids is 1. The molecule has 0 unspecified atom stereocenters. The molecule has 0 fully saturated rings. The minimum atomic E-state index is -2.40. The Labute approximate surface area is 236 Å². The summed E-state index contributed by atoms with van der Waals surface area (Å²) in [5.41, 5.74) is 0.743. The van der Waals surface area contributed by atoms with Gasteiger partial charge in [0.1, 0.15) is 12.4 Å². The van der Waals surface area contributed by atoms with Crippen molar-refractivity contribution >= 4 is 29.2 Å². The molecule has 0 aliphatic carbocycles. The molecule has 2 N–H and O–H groups in total. The van der Waals surface area contributed by atoms with Gasteiger partial charge >= 0.3 is 5.97 Å². The van der Waals surface area contributed by atoms with Crippen molar-refractivity contribution < 1.29 is 24.5 Å². The number of ether oxygens (including phenoxy) is 1. The highest BCUT2D eigenvalue weighted by Crippen LogP contribution is 2.39. The number of rotatable bonds is 1. The monoisotopic (exact) mass is 554 g/mol. The maximum Gasteiger partial charge on any atom is 0.341 e. The van der Waals surface area contributed by atoms with Crippen LogP contribution in [0.25, 0.3) is 0 Å². The van der Waals surface area contributed by atoms with E-state index in [0.717, 1.165) is 69.3 Å². The van der Waals surface area contributed by atoms with Gasteiger partial charge < -0.3 is 24.7 Å². The Morgan fingerprint density at radius 2 is 1.79 bits per heavy atom. The van der Waals surface area contributed by atoms with Gasteiger partial charge in [0.25, 0.3) is 0 Å². The summed E-state index contributed by atoms with van der Waals surface area (Å²) in [6.07, 6.45) is 10.8. The van der Waals surface area contributed by atoms with Crippen molar-refractivity contribution in [1.29, 1.82) is 0 Å². The van der Waals surface area contributed by atoms with Crippen LogP contribution in [-0.4, -0.2) is 53.7 Å². The normalized spacial score (nSPS) is 24.2. The van der Waals surface area contributed by atoms with Crippen molar-refractivity contribution in [2.75, 3.05) is 31.6 Å². The quantitative estimate of drug-likeness (QED) is 0.449. The molecule has 2 aliphatic rings. The molecule has 2 aliphatic heterocycles.